The summed E-state index contributed by atoms with van der Waals surface area (Å²) in [6, 6.07) is 6.26. The number of benzene rings is 1. The number of imide groups is 1. The molecule has 3 unspecified atom stereocenters. The molecule has 2 aliphatic heterocycles. The molecule has 4 rings (SSSR count). The number of ether oxygens (including phenoxy) is 1. The third-order valence-electron chi connectivity index (χ3n) is 6.71. The number of rotatable bonds is 7. The highest BCUT2D eigenvalue weighted by Crippen LogP contribution is 2.38. The van der Waals surface area contributed by atoms with Gasteiger partial charge in [-0.1, -0.05) is 25.0 Å². The number of likely N-dealkylation sites (tertiary alicyclic amines) is 1. The number of halogens is 1. The summed E-state index contributed by atoms with van der Waals surface area (Å²) in [6.45, 7) is 3.06. The summed E-state index contributed by atoms with van der Waals surface area (Å²) in [5.74, 6) is -1.15. The predicted molar refractivity (Wildman–Crippen MR) is 111 cm³/mol. The lowest BCUT2D eigenvalue weighted by Crippen LogP contribution is -2.44. The first-order chi connectivity index (χ1) is 15.0. The summed E-state index contributed by atoms with van der Waals surface area (Å²) in [4.78, 5) is 41.1. The minimum absolute atomic E-state index is 0.0793. The summed E-state index contributed by atoms with van der Waals surface area (Å²) in [6.07, 6.45) is 3.59. The maximum absolute atomic E-state index is 13.8. The van der Waals surface area contributed by atoms with Crippen molar-refractivity contribution >= 4 is 17.7 Å². The van der Waals surface area contributed by atoms with Crippen LogP contribution in [0.25, 0.3) is 0 Å². The average Bonchev–Trinajstić information content (AvgIpc) is 3.03. The molecule has 3 aliphatic rings. The molecule has 1 aromatic carbocycles. The molecule has 3 atom stereocenters. The van der Waals surface area contributed by atoms with Gasteiger partial charge in [-0.2, -0.15) is 0 Å². The highest BCUT2D eigenvalue weighted by Gasteiger charge is 2.47. The largest absolute Gasteiger partial charge is 0.379 e. The van der Waals surface area contributed by atoms with Crippen molar-refractivity contribution in [3.8, 4) is 0 Å². The smallest absolute Gasteiger partial charge is 0.233 e. The van der Waals surface area contributed by atoms with E-state index < -0.39 is 0 Å². The Bertz CT molecular complexity index is 803. The maximum Gasteiger partial charge on any atom is 0.233 e. The third-order valence-corrected chi connectivity index (χ3v) is 6.71. The number of amides is 3. The van der Waals surface area contributed by atoms with Crippen LogP contribution in [0.2, 0.25) is 0 Å². The topological polar surface area (TPSA) is 79.0 Å². The Morgan fingerprint density at radius 2 is 1.81 bits per heavy atom. The lowest BCUT2D eigenvalue weighted by molar-refractivity contribution is -0.140. The second kappa shape index (κ2) is 9.87. The predicted octanol–water partition coefficient (Wildman–Crippen LogP) is 1.88. The molecule has 2 saturated heterocycles. The van der Waals surface area contributed by atoms with E-state index in [0.29, 0.717) is 32.8 Å². The van der Waals surface area contributed by atoms with Gasteiger partial charge in [-0.15, -0.1) is 0 Å². The zero-order chi connectivity index (χ0) is 21.8. The zero-order valence-corrected chi connectivity index (χ0v) is 17.7. The third kappa shape index (κ3) is 4.96. The number of nitrogens with one attached hydrogen (secondary N) is 1. The monoisotopic (exact) mass is 431 g/mol. The van der Waals surface area contributed by atoms with Crippen LogP contribution in [0.1, 0.15) is 43.7 Å². The first-order valence-corrected chi connectivity index (χ1v) is 11.2. The Kier molecular flexibility index (Phi) is 6.97. The van der Waals surface area contributed by atoms with Gasteiger partial charge in [-0.3, -0.25) is 24.2 Å². The Hall–Kier alpha value is -2.32. The molecule has 31 heavy (non-hydrogen) atoms. The summed E-state index contributed by atoms with van der Waals surface area (Å²) in [5, 5.41) is 2.92. The van der Waals surface area contributed by atoms with E-state index in [1.165, 1.54) is 17.0 Å². The summed E-state index contributed by atoms with van der Waals surface area (Å²) < 4.78 is 19.2. The van der Waals surface area contributed by atoms with Crippen molar-refractivity contribution in [3.63, 3.8) is 0 Å². The van der Waals surface area contributed by atoms with Gasteiger partial charge in [0.1, 0.15) is 5.82 Å². The molecule has 2 heterocycles. The molecule has 7 nitrogen and oxygen atoms in total. The zero-order valence-electron chi connectivity index (χ0n) is 17.7. The Labute approximate surface area is 181 Å². The van der Waals surface area contributed by atoms with Gasteiger partial charge in [0.05, 0.1) is 31.1 Å². The number of hydrogen-bond acceptors (Lipinski definition) is 5. The van der Waals surface area contributed by atoms with Gasteiger partial charge in [0.15, 0.2) is 0 Å². The number of carbonyl (C=O) groups excluding carboxylic acids is 3. The van der Waals surface area contributed by atoms with Gasteiger partial charge in [0.2, 0.25) is 17.7 Å². The van der Waals surface area contributed by atoms with Gasteiger partial charge in [-0.05, 0) is 30.5 Å². The van der Waals surface area contributed by atoms with Crippen molar-refractivity contribution in [1.82, 2.24) is 15.1 Å². The summed E-state index contributed by atoms with van der Waals surface area (Å²) in [7, 11) is 0. The number of morpholine rings is 1. The lowest BCUT2D eigenvalue weighted by atomic mass is 9.81. The first kappa shape index (κ1) is 21.9. The first-order valence-electron chi connectivity index (χ1n) is 11.2. The van der Waals surface area contributed by atoms with Crippen LogP contribution in [0.3, 0.4) is 0 Å². The van der Waals surface area contributed by atoms with Crippen molar-refractivity contribution in [3.05, 3.63) is 35.6 Å². The second-order valence-electron chi connectivity index (χ2n) is 8.60. The normalized spacial score (nSPS) is 25.4. The fourth-order valence-corrected chi connectivity index (χ4v) is 5.02. The second-order valence-corrected chi connectivity index (χ2v) is 8.60. The van der Waals surface area contributed by atoms with Crippen LogP contribution in [0, 0.1) is 17.7 Å². The molecule has 168 valence electrons. The van der Waals surface area contributed by atoms with Gasteiger partial charge in [0.25, 0.3) is 0 Å². The van der Waals surface area contributed by atoms with E-state index in [4.69, 9.17) is 4.74 Å². The Morgan fingerprint density at radius 3 is 2.45 bits per heavy atom. The van der Waals surface area contributed by atoms with Gasteiger partial charge < -0.3 is 10.1 Å². The molecule has 1 aliphatic carbocycles. The van der Waals surface area contributed by atoms with Gasteiger partial charge in [0, 0.05) is 32.6 Å². The van der Waals surface area contributed by atoms with E-state index >= 15 is 0 Å². The van der Waals surface area contributed by atoms with E-state index in [-0.39, 0.29) is 54.4 Å². The minimum Gasteiger partial charge on any atom is -0.379 e. The van der Waals surface area contributed by atoms with Crippen LogP contribution in [0.4, 0.5) is 4.39 Å². The van der Waals surface area contributed by atoms with Crippen LogP contribution in [0.5, 0.6) is 0 Å². The van der Waals surface area contributed by atoms with E-state index in [2.05, 4.69) is 10.2 Å². The molecule has 3 amide bonds. The quantitative estimate of drug-likeness (QED) is 0.667. The van der Waals surface area contributed by atoms with Crippen LogP contribution < -0.4 is 5.32 Å². The van der Waals surface area contributed by atoms with Crippen molar-refractivity contribution in [2.45, 2.75) is 38.1 Å². The summed E-state index contributed by atoms with van der Waals surface area (Å²) >= 11 is 0. The van der Waals surface area contributed by atoms with E-state index in [0.717, 1.165) is 31.2 Å². The van der Waals surface area contributed by atoms with Gasteiger partial charge >= 0.3 is 0 Å². The van der Waals surface area contributed by atoms with Crippen LogP contribution >= 0.6 is 0 Å². The van der Waals surface area contributed by atoms with E-state index in [9.17, 15) is 18.8 Å². The van der Waals surface area contributed by atoms with E-state index in [1.54, 1.807) is 6.07 Å². The molecule has 1 saturated carbocycles. The fourth-order valence-electron chi connectivity index (χ4n) is 5.02. The Morgan fingerprint density at radius 1 is 1.13 bits per heavy atom. The van der Waals surface area contributed by atoms with Crippen molar-refractivity contribution in [2.24, 2.45) is 11.8 Å². The highest BCUT2D eigenvalue weighted by atomic mass is 19.1. The lowest BCUT2D eigenvalue weighted by Gasteiger charge is -2.35. The molecular weight excluding hydrogens is 401 g/mol. The molecule has 1 aromatic rings. The average molecular weight is 432 g/mol. The Balaban J connectivity index is 1.33. The number of nitrogens with zero attached hydrogens (tertiary/aromatic N) is 2. The van der Waals surface area contributed by atoms with Crippen molar-refractivity contribution in [1.29, 1.82) is 0 Å². The molecule has 0 radical (unpaired) electrons. The SMILES string of the molecule is O=C(CCN1C(=O)C2CCCCC2C1=O)NCC(c1cccc(F)c1)N1CCOCC1. The highest BCUT2D eigenvalue weighted by molar-refractivity contribution is 6.05. The molecular formula is C23H30FN3O4. The minimum atomic E-state index is -0.311. The van der Waals surface area contributed by atoms with Gasteiger partial charge in [-0.25, -0.2) is 4.39 Å². The molecule has 0 bridgehead atoms. The van der Waals surface area contributed by atoms with E-state index in [1.807, 2.05) is 6.07 Å². The fraction of sp³-hybridized carbons (Fsp3) is 0.609. The standard InChI is InChI=1S/C23H30FN3O4/c24-17-5-3-4-16(14-17)20(26-10-12-31-13-11-26)15-25-21(28)8-9-27-22(29)18-6-1-2-7-19(18)23(27)30/h3-5,14,18-20H,1-2,6-13,15H2,(H,25,28). The van der Waals surface area contributed by atoms with Crippen LogP contribution in [-0.2, 0) is 19.1 Å². The maximum atomic E-state index is 13.8. The van der Waals surface area contributed by atoms with Crippen molar-refractivity contribution < 1.29 is 23.5 Å². The molecule has 8 heteroatoms. The molecule has 0 spiro atoms. The number of fused-ring (bicyclic) bond motifs is 1. The van der Waals surface area contributed by atoms with Crippen molar-refractivity contribution in [2.75, 3.05) is 39.4 Å². The summed E-state index contributed by atoms with van der Waals surface area (Å²) in [5.41, 5.74) is 0.802. The molecule has 1 N–H and O–H groups in total. The van der Waals surface area contributed by atoms with Crippen LogP contribution in [-0.4, -0.2) is 66.9 Å². The number of carbonyl (C=O) groups is 3. The number of hydrogen-bond donors (Lipinski definition) is 1. The molecule has 3 fully saturated rings. The van der Waals surface area contributed by atoms with Crippen LogP contribution in [0.15, 0.2) is 24.3 Å². The molecule has 0 aromatic heterocycles.